The van der Waals surface area contributed by atoms with Crippen LogP contribution >= 0.6 is 23.4 Å². The summed E-state index contributed by atoms with van der Waals surface area (Å²) in [6.07, 6.45) is 1.52. The van der Waals surface area contributed by atoms with E-state index in [1.54, 1.807) is 0 Å². The molecule has 14 heavy (non-hydrogen) atoms. The van der Waals surface area contributed by atoms with E-state index in [0.717, 1.165) is 16.9 Å². The fourth-order valence-electron chi connectivity index (χ4n) is 1.09. The molecule has 0 fully saturated rings. The van der Waals surface area contributed by atoms with Crippen LogP contribution in [0.25, 0.3) is 0 Å². The number of benzene rings is 1. The summed E-state index contributed by atoms with van der Waals surface area (Å²) in [7, 11) is 0. The molecule has 0 unspecified atom stereocenters. The first-order chi connectivity index (χ1) is 6.77. The third-order valence-corrected chi connectivity index (χ3v) is 3.13. The molecule has 0 amide bonds. The molecule has 0 saturated carbocycles. The molecule has 0 spiro atoms. The number of carbonyl (C=O) groups excluding carboxylic acids is 1. The minimum atomic E-state index is 0.213. The Bertz CT molecular complexity index is 312. The van der Waals surface area contributed by atoms with Gasteiger partial charge in [0.05, 0.1) is 0 Å². The molecule has 1 aromatic carbocycles. The summed E-state index contributed by atoms with van der Waals surface area (Å²) in [5.74, 6) is 0.461. The Kier molecular flexibility index (Phi) is 5.05. The maximum Gasteiger partial charge on any atom is 0.193 e. The molecule has 0 aliphatic rings. The third-order valence-electron chi connectivity index (χ3n) is 1.79. The highest BCUT2D eigenvalue weighted by Gasteiger charge is 2.06. The predicted octanol–water partition coefficient (Wildman–Crippen LogP) is 3.84. The van der Waals surface area contributed by atoms with Gasteiger partial charge in [-0.3, -0.25) is 4.79 Å². The standard InChI is InChI=1S/C11H13ClOS/c1-2-5-11(13)14-10-7-4-3-6-9(10)8-12/h3-4,6-7H,2,5,8H2,1H3. The van der Waals surface area contributed by atoms with Gasteiger partial charge in [0.1, 0.15) is 0 Å². The van der Waals surface area contributed by atoms with Gasteiger partial charge in [-0.25, -0.2) is 0 Å². The Hall–Kier alpha value is -0.470. The van der Waals surface area contributed by atoms with Crippen molar-refractivity contribution in [3.05, 3.63) is 29.8 Å². The lowest BCUT2D eigenvalue weighted by molar-refractivity contribution is -0.111. The molecule has 0 heterocycles. The fourth-order valence-corrected chi connectivity index (χ4v) is 2.37. The number of halogens is 1. The van der Waals surface area contributed by atoms with Gasteiger partial charge in [0.25, 0.3) is 0 Å². The summed E-state index contributed by atoms with van der Waals surface area (Å²) in [5, 5.41) is 0.213. The predicted molar refractivity (Wildman–Crippen MR) is 61.8 cm³/mol. The molecule has 1 nitrogen and oxygen atoms in total. The van der Waals surface area contributed by atoms with E-state index < -0.39 is 0 Å². The van der Waals surface area contributed by atoms with Crippen molar-refractivity contribution in [3.63, 3.8) is 0 Å². The van der Waals surface area contributed by atoms with E-state index in [2.05, 4.69) is 0 Å². The summed E-state index contributed by atoms with van der Waals surface area (Å²) in [6, 6.07) is 7.76. The zero-order valence-electron chi connectivity index (χ0n) is 8.13. The van der Waals surface area contributed by atoms with Crippen LogP contribution in [0.15, 0.2) is 29.2 Å². The molecule has 0 radical (unpaired) electrons. The van der Waals surface area contributed by atoms with Gasteiger partial charge in [0.2, 0.25) is 0 Å². The largest absolute Gasteiger partial charge is 0.287 e. The first-order valence-corrected chi connectivity index (χ1v) is 5.97. The minimum absolute atomic E-state index is 0.213. The molecule has 3 heteroatoms. The molecular weight excluding hydrogens is 216 g/mol. The van der Waals surface area contributed by atoms with Crippen LogP contribution in [-0.2, 0) is 10.7 Å². The van der Waals surface area contributed by atoms with E-state index >= 15 is 0 Å². The molecule has 0 saturated heterocycles. The molecule has 0 bridgehead atoms. The van der Waals surface area contributed by atoms with Crippen molar-refractivity contribution in [2.24, 2.45) is 0 Å². The smallest absolute Gasteiger partial charge is 0.193 e. The van der Waals surface area contributed by atoms with Gasteiger partial charge in [0, 0.05) is 17.2 Å². The van der Waals surface area contributed by atoms with Gasteiger partial charge in [-0.2, -0.15) is 0 Å². The van der Waals surface area contributed by atoms with Gasteiger partial charge in [-0.1, -0.05) is 36.9 Å². The molecular formula is C11H13ClOS. The van der Waals surface area contributed by atoms with E-state index in [1.165, 1.54) is 11.8 Å². The summed E-state index contributed by atoms with van der Waals surface area (Å²) in [5.41, 5.74) is 1.03. The molecule has 0 aromatic heterocycles. The quantitative estimate of drug-likeness (QED) is 0.575. The van der Waals surface area contributed by atoms with Gasteiger partial charge in [0.15, 0.2) is 5.12 Å². The lowest BCUT2D eigenvalue weighted by Crippen LogP contribution is -1.91. The van der Waals surface area contributed by atoms with E-state index in [9.17, 15) is 4.79 Å². The molecule has 0 atom stereocenters. The highest BCUT2D eigenvalue weighted by Crippen LogP contribution is 2.25. The zero-order valence-corrected chi connectivity index (χ0v) is 9.70. The number of hydrogen-bond donors (Lipinski definition) is 0. The monoisotopic (exact) mass is 228 g/mol. The van der Waals surface area contributed by atoms with E-state index in [0.29, 0.717) is 12.3 Å². The molecule has 76 valence electrons. The average molecular weight is 229 g/mol. The first kappa shape index (κ1) is 11.6. The number of carbonyl (C=O) groups is 1. The Morgan fingerprint density at radius 1 is 1.43 bits per heavy atom. The SMILES string of the molecule is CCCC(=O)Sc1ccccc1CCl. The van der Waals surface area contributed by atoms with Crippen LogP contribution in [0.1, 0.15) is 25.3 Å². The molecule has 0 N–H and O–H groups in total. The molecule has 1 rings (SSSR count). The van der Waals surface area contributed by atoms with Crippen molar-refractivity contribution in [1.82, 2.24) is 0 Å². The second-order valence-corrected chi connectivity index (χ2v) is 4.33. The van der Waals surface area contributed by atoms with Crippen LogP contribution in [0.2, 0.25) is 0 Å². The maximum atomic E-state index is 11.4. The van der Waals surface area contributed by atoms with Crippen LogP contribution in [-0.4, -0.2) is 5.12 Å². The highest BCUT2D eigenvalue weighted by molar-refractivity contribution is 8.13. The fraction of sp³-hybridized carbons (Fsp3) is 0.364. The number of thioether (sulfide) groups is 1. The summed E-state index contributed by atoms with van der Waals surface area (Å²) in [6.45, 7) is 2.01. The second kappa shape index (κ2) is 6.10. The van der Waals surface area contributed by atoms with Crippen LogP contribution in [0.4, 0.5) is 0 Å². The van der Waals surface area contributed by atoms with E-state index in [1.807, 2.05) is 31.2 Å². The number of alkyl halides is 1. The summed E-state index contributed by atoms with van der Waals surface area (Å²) >= 11 is 7.06. The lowest BCUT2D eigenvalue weighted by atomic mass is 10.2. The van der Waals surface area contributed by atoms with Crippen molar-refractivity contribution in [3.8, 4) is 0 Å². The molecule has 1 aromatic rings. The van der Waals surface area contributed by atoms with Gasteiger partial charge in [-0.05, 0) is 18.1 Å². The van der Waals surface area contributed by atoms with Gasteiger partial charge < -0.3 is 0 Å². The first-order valence-electron chi connectivity index (χ1n) is 4.62. The van der Waals surface area contributed by atoms with Crippen LogP contribution < -0.4 is 0 Å². The maximum absolute atomic E-state index is 11.4. The van der Waals surface area contributed by atoms with Crippen LogP contribution in [0.5, 0.6) is 0 Å². The van der Waals surface area contributed by atoms with Crippen molar-refractivity contribution in [2.75, 3.05) is 0 Å². The zero-order chi connectivity index (χ0) is 10.4. The van der Waals surface area contributed by atoms with Crippen molar-refractivity contribution >= 4 is 28.5 Å². The Balaban J connectivity index is 2.70. The van der Waals surface area contributed by atoms with E-state index in [-0.39, 0.29) is 5.12 Å². The van der Waals surface area contributed by atoms with Crippen LogP contribution in [0, 0.1) is 0 Å². The topological polar surface area (TPSA) is 17.1 Å². The molecule has 0 aliphatic heterocycles. The Morgan fingerprint density at radius 3 is 2.79 bits per heavy atom. The average Bonchev–Trinajstić information content (AvgIpc) is 2.19. The summed E-state index contributed by atoms with van der Waals surface area (Å²) in [4.78, 5) is 12.4. The lowest BCUT2D eigenvalue weighted by Gasteiger charge is -2.04. The number of hydrogen-bond acceptors (Lipinski definition) is 2. The van der Waals surface area contributed by atoms with Crippen molar-refractivity contribution < 1.29 is 4.79 Å². The van der Waals surface area contributed by atoms with Crippen LogP contribution in [0.3, 0.4) is 0 Å². The third kappa shape index (κ3) is 3.35. The Labute approximate surface area is 93.8 Å². The molecule has 0 aliphatic carbocycles. The number of rotatable bonds is 4. The summed E-state index contributed by atoms with van der Waals surface area (Å²) < 4.78 is 0. The van der Waals surface area contributed by atoms with Crippen molar-refractivity contribution in [2.45, 2.75) is 30.5 Å². The van der Waals surface area contributed by atoms with Crippen molar-refractivity contribution in [1.29, 1.82) is 0 Å². The second-order valence-electron chi connectivity index (χ2n) is 2.97. The normalized spacial score (nSPS) is 10.1. The minimum Gasteiger partial charge on any atom is -0.287 e. The Morgan fingerprint density at radius 2 is 2.14 bits per heavy atom. The highest BCUT2D eigenvalue weighted by atomic mass is 35.5. The van der Waals surface area contributed by atoms with E-state index in [4.69, 9.17) is 11.6 Å². The van der Waals surface area contributed by atoms with Gasteiger partial charge in [-0.15, -0.1) is 11.6 Å². The van der Waals surface area contributed by atoms with Gasteiger partial charge >= 0.3 is 0 Å².